The first-order chi connectivity index (χ1) is 11.4. The minimum absolute atomic E-state index is 0.134. The van der Waals surface area contributed by atoms with E-state index in [0.717, 1.165) is 35.5 Å². The maximum Gasteiger partial charge on any atom is 0.257 e. The van der Waals surface area contributed by atoms with Crippen molar-refractivity contribution in [3.63, 3.8) is 0 Å². The number of benzene rings is 1. The normalized spacial score (nSPS) is 10.8. The van der Waals surface area contributed by atoms with Crippen LogP contribution in [0.25, 0.3) is 0 Å². The number of amides is 1. The summed E-state index contributed by atoms with van der Waals surface area (Å²) in [7, 11) is 0. The number of carbonyl (C=O) groups excluding carboxylic acids is 1. The smallest absolute Gasteiger partial charge is 0.257 e. The van der Waals surface area contributed by atoms with Crippen LogP contribution in [-0.2, 0) is 0 Å². The SMILES string of the molecule is Cc1cc(C)c(NC(=O)c2cncc(NCCC(C)C)c2)c(C)c1. The quantitative estimate of drug-likeness (QED) is 0.808. The number of aromatic nitrogens is 1. The van der Waals surface area contributed by atoms with Crippen LogP contribution in [0.15, 0.2) is 30.6 Å². The summed E-state index contributed by atoms with van der Waals surface area (Å²) in [5.41, 5.74) is 5.65. The van der Waals surface area contributed by atoms with E-state index in [9.17, 15) is 4.79 Å². The van der Waals surface area contributed by atoms with Crippen molar-refractivity contribution >= 4 is 17.3 Å². The summed E-state index contributed by atoms with van der Waals surface area (Å²) in [4.78, 5) is 16.7. The van der Waals surface area contributed by atoms with Crippen LogP contribution in [0.2, 0.25) is 0 Å². The molecule has 0 unspecified atom stereocenters. The summed E-state index contributed by atoms with van der Waals surface area (Å²) in [5, 5.41) is 6.34. The molecule has 2 N–H and O–H groups in total. The molecule has 128 valence electrons. The third-order valence-electron chi connectivity index (χ3n) is 3.97. The fourth-order valence-electron chi connectivity index (χ4n) is 2.73. The standard InChI is InChI=1S/C20H27N3O/c1-13(2)6-7-22-18-10-17(11-21-12-18)20(24)23-19-15(4)8-14(3)9-16(19)5/h8-13,22H,6-7H2,1-5H3,(H,23,24). The van der Waals surface area contributed by atoms with Gasteiger partial charge in [-0.05, 0) is 50.3 Å². The number of anilines is 2. The Morgan fingerprint density at radius 1 is 1.08 bits per heavy atom. The van der Waals surface area contributed by atoms with Gasteiger partial charge in [0, 0.05) is 24.6 Å². The maximum absolute atomic E-state index is 12.6. The van der Waals surface area contributed by atoms with Gasteiger partial charge in [0.2, 0.25) is 0 Å². The molecule has 1 aromatic carbocycles. The van der Waals surface area contributed by atoms with E-state index < -0.39 is 0 Å². The van der Waals surface area contributed by atoms with Crippen LogP contribution in [0.1, 0.15) is 47.3 Å². The van der Waals surface area contributed by atoms with Crippen molar-refractivity contribution in [2.24, 2.45) is 5.92 Å². The molecule has 0 saturated heterocycles. The average Bonchev–Trinajstić information content (AvgIpc) is 2.50. The van der Waals surface area contributed by atoms with Gasteiger partial charge in [0.05, 0.1) is 11.3 Å². The summed E-state index contributed by atoms with van der Waals surface area (Å²) >= 11 is 0. The molecule has 24 heavy (non-hydrogen) atoms. The van der Waals surface area contributed by atoms with Crippen molar-refractivity contribution in [3.05, 3.63) is 52.8 Å². The van der Waals surface area contributed by atoms with E-state index in [2.05, 4.69) is 48.5 Å². The van der Waals surface area contributed by atoms with Crippen LogP contribution in [0, 0.1) is 26.7 Å². The molecule has 0 aliphatic carbocycles. The van der Waals surface area contributed by atoms with Gasteiger partial charge in [-0.2, -0.15) is 0 Å². The Kier molecular flexibility index (Phi) is 5.96. The molecule has 1 aromatic heterocycles. The molecule has 0 spiro atoms. The van der Waals surface area contributed by atoms with E-state index in [4.69, 9.17) is 0 Å². The van der Waals surface area contributed by atoms with Crippen molar-refractivity contribution < 1.29 is 4.79 Å². The van der Waals surface area contributed by atoms with Gasteiger partial charge in [-0.1, -0.05) is 31.5 Å². The van der Waals surface area contributed by atoms with Crippen molar-refractivity contribution in [1.82, 2.24) is 4.98 Å². The molecule has 0 bridgehead atoms. The number of aryl methyl sites for hydroxylation is 3. The van der Waals surface area contributed by atoms with E-state index >= 15 is 0 Å². The highest BCUT2D eigenvalue weighted by Crippen LogP contribution is 2.23. The van der Waals surface area contributed by atoms with E-state index in [-0.39, 0.29) is 5.91 Å². The summed E-state index contributed by atoms with van der Waals surface area (Å²) in [5.74, 6) is 0.509. The van der Waals surface area contributed by atoms with Gasteiger partial charge in [-0.15, -0.1) is 0 Å². The number of hydrogen-bond donors (Lipinski definition) is 2. The molecule has 0 aliphatic heterocycles. The Morgan fingerprint density at radius 2 is 1.75 bits per heavy atom. The summed E-state index contributed by atoms with van der Waals surface area (Å²) in [6.45, 7) is 11.3. The Bertz CT molecular complexity index is 700. The molecule has 0 radical (unpaired) electrons. The minimum atomic E-state index is -0.134. The molecule has 0 saturated carbocycles. The van der Waals surface area contributed by atoms with E-state index in [1.165, 1.54) is 5.56 Å². The lowest BCUT2D eigenvalue weighted by Crippen LogP contribution is -2.15. The number of nitrogens with zero attached hydrogens (tertiary/aromatic N) is 1. The molecule has 0 atom stereocenters. The largest absolute Gasteiger partial charge is 0.384 e. The zero-order valence-corrected chi connectivity index (χ0v) is 15.2. The zero-order chi connectivity index (χ0) is 17.7. The number of nitrogens with one attached hydrogen (secondary N) is 2. The van der Waals surface area contributed by atoms with E-state index in [0.29, 0.717) is 11.5 Å². The average molecular weight is 325 g/mol. The summed E-state index contributed by atoms with van der Waals surface area (Å²) < 4.78 is 0. The fourth-order valence-corrected chi connectivity index (χ4v) is 2.73. The monoisotopic (exact) mass is 325 g/mol. The van der Waals surface area contributed by atoms with Crippen molar-refractivity contribution in [3.8, 4) is 0 Å². The second-order valence-corrected chi connectivity index (χ2v) is 6.80. The lowest BCUT2D eigenvalue weighted by molar-refractivity contribution is 0.102. The molecule has 2 aromatic rings. The van der Waals surface area contributed by atoms with Crippen LogP contribution in [0.4, 0.5) is 11.4 Å². The topological polar surface area (TPSA) is 54.0 Å². The fraction of sp³-hybridized carbons (Fsp3) is 0.400. The summed E-state index contributed by atoms with van der Waals surface area (Å²) in [6, 6.07) is 6.00. The number of carbonyl (C=O) groups is 1. The third kappa shape index (κ3) is 4.82. The van der Waals surface area contributed by atoms with Crippen LogP contribution in [0.3, 0.4) is 0 Å². The number of rotatable bonds is 6. The highest BCUT2D eigenvalue weighted by molar-refractivity contribution is 6.05. The van der Waals surface area contributed by atoms with Crippen molar-refractivity contribution in [2.45, 2.75) is 41.0 Å². The molecule has 4 nitrogen and oxygen atoms in total. The first-order valence-electron chi connectivity index (χ1n) is 8.45. The predicted octanol–water partition coefficient (Wildman–Crippen LogP) is 4.72. The second-order valence-electron chi connectivity index (χ2n) is 6.80. The number of pyridine rings is 1. The molecule has 2 rings (SSSR count). The molecule has 0 fully saturated rings. The first-order valence-corrected chi connectivity index (χ1v) is 8.45. The van der Waals surface area contributed by atoms with Gasteiger partial charge in [0.15, 0.2) is 0 Å². The lowest BCUT2D eigenvalue weighted by Gasteiger charge is -2.13. The van der Waals surface area contributed by atoms with Gasteiger partial charge in [-0.3, -0.25) is 9.78 Å². The van der Waals surface area contributed by atoms with Crippen molar-refractivity contribution in [1.29, 1.82) is 0 Å². The van der Waals surface area contributed by atoms with Crippen LogP contribution in [0.5, 0.6) is 0 Å². The Balaban J connectivity index is 2.10. The Labute approximate surface area is 144 Å². The molecular formula is C20H27N3O. The highest BCUT2D eigenvalue weighted by Gasteiger charge is 2.11. The van der Waals surface area contributed by atoms with Gasteiger partial charge >= 0.3 is 0 Å². The van der Waals surface area contributed by atoms with Crippen LogP contribution in [-0.4, -0.2) is 17.4 Å². The number of hydrogen-bond acceptors (Lipinski definition) is 3. The van der Waals surface area contributed by atoms with Gasteiger partial charge < -0.3 is 10.6 Å². The predicted molar refractivity (Wildman–Crippen MR) is 101 cm³/mol. The first kappa shape index (κ1) is 18.0. The van der Waals surface area contributed by atoms with Gasteiger partial charge in [0.1, 0.15) is 0 Å². The van der Waals surface area contributed by atoms with Crippen molar-refractivity contribution in [2.75, 3.05) is 17.2 Å². The molecule has 1 amide bonds. The highest BCUT2D eigenvalue weighted by atomic mass is 16.1. The zero-order valence-electron chi connectivity index (χ0n) is 15.2. The van der Waals surface area contributed by atoms with Crippen LogP contribution < -0.4 is 10.6 Å². The van der Waals surface area contributed by atoms with E-state index in [1.54, 1.807) is 12.4 Å². The maximum atomic E-state index is 12.6. The Morgan fingerprint density at radius 3 is 2.38 bits per heavy atom. The minimum Gasteiger partial charge on any atom is -0.384 e. The molecule has 0 aliphatic rings. The second kappa shape index (κ2) is 7.95. The molecule has 4 heteroatoms. The van der Waals surface area contributed by atoms with Gasteiger partial charge in [-0.25, -0.2) is 0 Å². The third-order valence-corrected chi connectivity index (χ3v) is 3.97. The van der Waals surface area contributed by atoms with Crippen LogP contribution >= 0.6 is 0 Å². The van der Waals surface area contributed by atoms with Gasteiger partial charge in [0.25, 0.3) is 5.91 Å². The molecule has 1 heterocycles. The molecular weight excluding hydrogens is 298 g/mol. The lowest BCUT2D eigenvalue weighted by atomic mass is 10.0. The van der Waals surface area contributed by atoms with E-state index in [1.807, 2.05) is 19.9 Å². The Hall–Kier alpha value is -2.36. The summed E-state index contributed by atoms with van der Waals surface area (Å²) in [6.07, 6.45) is 4.43.